The van der Waals surface area contributed by atoms with Crippen molar-refractivity contribution in [3.63, 3.8) is 0 Å². The zero-order valence-electron chi connectivity index (χ0n) is 11.2. The second kappa shape index (κ2) is 5.47. The first-order valence-corrected chi connectivity index (χ1v) is 6.10. The van der Waals surface area contributed by atoms with Crippen molar-refractivity contribution >= 4 is 17.3 Å². The van der Waals surface area contributed by atoms with Crippen molar-refractivity contribution in [3.05, 3.63) is 59.7 Å². The van der Waals surface area contributed by atoms with Crippen molar-refractivity contribution in [3.8, 4) is 0 Å². The molecule has 6 heteroatoms. The van der Waals surface area contributed by atoms with Gasteiger partial charge in [-0.2, -0.15) is 13.2 Å². The minimum absolute atomic E-state index is 0.0326. The predicted octanol–water partition coefficient (Wildman–Crippen LogP) is 3.56. The van der Waals surface area contributed by atoms with Gasteiger partial charge in [-0.3, -0.25) is 4.79 Å². The van der Waals surface area contributed by atoms with Gasteiger partial charge in [0.15, 0.2) is 0 Å². The van der Waals surface area contributed by atoms with Gasteiger partial charge in [0.05, 0.1) is 5.56 Å². The van der Waals surface area contributed by atoms with Crippen molar-refractivity contribution in [2.45, 2.75) is 6.18 Å². The molecule has 0 saturated heterocycles. The fourth-order valence-corrected chi connectivity index (χ4v) is 1.87. The van der Waals surface area contributed by atoms with Crippen LogP contribution in [0.25, 0.3) is 0 Å². The van der Waals surface area contributed by atoms with Crippen LogP contribution in [0.2, 0.25) is 0 Å². The standard InChI is InChI=1S/C15H13F3N2O/c1-20(13-7-3-6-12(19)9-13)14(21)10-4-2-5-11(8-10)15(16,17)18/h2-9H,19H2,1H3. The van der Waals surface area contributed by atoms with Gasteiger partial charge in [-0.1, -0.05) is 12.1 Å². The molecule has 0 aliphatic heterocycles. The zero-order chi connectivity index (χ0) is 15.6. The van der Waals surface area contributed by atoms with Crippen LogP contribution in [-0.4, -0.2) is 13.0 Å². The third kappa shape index (κ3) is 3.34. The molecule has 0 aliphatic rings. The predicted molar refractivity (Wildman–Crippen MR) is 75.0 cm³/mol. The highest BCUT2D eigenvalue weighted by Crippen LogP contribution is 2.30. The van der Waals surface area contributed by atoms with Gasteiger partial charge in [0.1, 0.15) is 0 Å². The van der Waals surface area contributed by atoms with Crippen LogP contribution in [0.3, 0.4) is 0 Å². The summed E-state index contributed by atoms with van der Waals surface area (Å²) in [4.78, 5) is 13.5. The van der Waals surface area contributed by atoms with E-state index < -0.39 is 17.6 Å². The quantitative estimate of drug-likeness (QED) is 0.861. The number of hydrogen-bond donors (Lipinski definition) is 1. The Morgan fingerprint density at radius 3 is 2.38 bits per heavy atom. The molecule has 2 aromatic rings. The molecule has 110 valence electrons. The van der Waals surface area contributed by atoms with Gasteiger partial charge in [0.25, 0.3) is 5.91 Å². The number of alkyl halides is 3. The molecule has 1 amide bonds. The number of rotatable bonds is 2. The highest BCUT2D eigenvalue weighted by molar-refractivity contribution is 6.06. The number of anilines is 2. The van der Waals surface area contributed by atoms with Crippen LogP contribution in [0.4, 0.5) is 24.5 Å². The molecule has 0 fully saturated rings. The number of carbonyl (C=O) groups is 1. The molecule has 0 aromatic heterocycles. The number of carbonyl (C=O) groups excluding carboxylic acids is 1. The summed E-state index contributed by atoms with van der Waals surface area (Å²) in [6.07, 6.45) is -4.48. The summed E-state index contributed by atoms with van der Waals surface area (Å²) in [6, 6.07) is 10.9. The lowest BCUT2D eigenvalue weighted by Crippen LogP contribution is -2.26. The number of amides is 1. The summed E-state index contributed by atoms with van der Waals surface area (Å²) in [5.74, 6) is -0.535. The number of halogens is 3. The minimum Gasteiger partial charge on any atom is -0.399 e. The molecule has 0 radical (unpaired) electrons. The van der Waals surface area contributed by atoms with Crippen molar-refractivity contribution in [1.82, 2.24) is 0 Å². The van der Waals surface area contributed by atoms with E-state index in [9.17, 15) is 18.0 Å². The molecule has 2 aromatic carbocycles. The van der Waals surface area contributed by atoms with Crippen LogP contribution >= 0.6 is 0 Å². The molecule has 0 heterocycles. The molecule has 2 rings (SSSR count). The molecule has 0 bridgehead atoms. The molecule has 2 N–H and O–H groups in total. The van der Waals surface area contributed by atoms with E-state index in [2.05, 4.69) is 0 Å². The summed E-state index contributed by atoms with van der Waals surface area (Å²) < 4.78 is 38.0. The molecule has 0 spiro atoms. The van der Waals surface area contributed by atoms with Crippen LogP contribution < -0.4 is 10.6 Å². The lowest BCUT2D eigenvalue weighted by molar-refractivity contribution is -0.137. The molecule has 0 aliphatic carbocycles. The molecule has 0 atom stereocenters. The van der Waals surface area contributed by atoms with Crippen LogP contribution in [-0.2, 0) is 6.18 Å². The van der Waals surface area contributed by atoms with Crippen molar-refractivity contribution in [2.75, 3.05) is 17.7 Å². The first kappa shape index (κ1) is 14.9. The van der Waals surface area contributed by atoms with Gasteiger partial charge in [-0.25, -0.2) is 0 Å². The van der Waals surface area contributed by atoms with E-state index in [1.165, 1.54) is 24.1 Å². The molecule has 0 unspecified atom stereocenters. The van der Waals surface area contributed by atoms with Crippen molar-refractivity contribution in [2.24, 2.45) is 0 Å². The van der Waals surface area contributed by atoms with E-state index in [-0.39, 0.29) is 5.56 Å². The maximum atomic E-state index is 12.7. The first-order valence-electron chi connectivity index (χ1n) is 6.10. The van der Waals surface area contributed by atoms with Crippen LogP contribution in [0.1, 0.15) is 15.9 Å². The van der Waals surface area contributed by atoms with Crippen LogP contribution in [0.5, 0.6) is 0 Å². The second-order valence-electron chi connectivity index (χ2n) is 4.54. The summed E-state index contributed by atoms with van der Waals surface area (Å²) in [5, 5.41) is 0. The second-order valence-corrected chi connectivity index (χ2v) is 4.54. The molecule has 21 heavy (non-hydrogen) atoms. The average molecular weight is 294 g/mol. The Balaban J connectivity index is 2.32. The van der Waals surface area contributed by atoms with Gasteiger partial charge in [0, 0.05) is 24.0 Å². The van der Waals surface area contributed by atoms with Gasteiger partial charge < -0.3 is 10.6 Å². The van der Waals surface area contributed by atoms with E-state index in [4.69, 9.17) is 5.73 Å². The molecule has 0 saturated carbocycles. The zero-order valence-corrected chi connectivity index (χ0v) is 11.2. The van der Waals surface area contributed by atoms with Crippen LogP contribution in [0, 0.1) is 0 Å². The number of hydrogen-bond acceptors (Lipinski definition) is 2. The Bertz CT molecular complexity index is 668. The molecular formula is C15H13F3N2O. The number of benzene rings is 2. The number of nitrogen functional groups attached to an aromatic ring is 1. The largest absolute Gasteiger partial charge is 0.416 e. The third-order valence-electron chi connectivity index (χ3n) is 3.00. The van der Waals surface area contributed by atoms with E-state index in [1.807, 2.05) is 0 Å². The van der Waals surface area contributed by atoms with E-state index in [0.29, 0.717) is 11.4 Å². The fraction of sp³-hybridized carbons (Fsp3) is 0.133. The van der Waals surface area contributed by atoms with Gasteiger partial charge in [-0.05, 0) is 36.4 Å². The van der Waals surface area contributed by atoms with E-state index in [1.54, 1.807) is 24.3 Å². The van der Waals surface area contributed by atoms with Crippen molar-refractivity contribution < 1.29 is 18.0 Å². The van der Waals surface area contributed by atoms with Gasteiger partial charge >= 0.3 is 6.18 Å². The lowest BCUT2D eigenvalue weighted by Gasteiger charge is -2.18. The van der Waals surface area contributed by atoms with Gasteiger partial charge in [0.2, 0.25) is 0 Å². The summed E-state index contributed by atoms with van der Waals surface area (Å²) in [5.41, 5.74) is 5.72. The monoisotopic (exact) mass is 294 g/mol. The minimum atomic E-state index is -4.48. The topological polar surface area (TPSA) is 46.3 Å². The number of nitrogens with two attached hydrogens (primary N) is 1. The Labute approximate surface area is 119 Å². The summed E-state index contributed by atoms with van der Waals surface area (Å²) in [6.45, 7) is 0. The van der Waals surface area contributed by atoms with E-state index in [0.717, 1.165) is 12.1 Å². The van der Waals surface area contributed by atoms with Gasteiger partial charge in [-0.15, -0.1) is 0 Å². The van der Waals surface area contributed by atoms with Crippen molar-refractivity contribution in [1.29, 1.82) is 0 Å². The van der Waals surface area contributed by atoms with E-state index >= 15 is 0 Å². The molecule has 3 nitrogen and oxygen atoms in total. The summed E-state index contributed by atoms with van der Waals surface area (Å²) >= 11 is 0. The average Bonchev–Trinajstić information content (AvgIpc) is 2.45. The van der Waals surface area contributed by atoms with Crippen LogP contribution in [0.15, 0.2) is 48.5 Å². The third-order valence-corrected chi connectivity index (χ3v) is 3.00. The Morgan fingerprint density at radius 2 is 1.76 bits per heavy atom. The smallest absolute Gasteiger partial charge is 0.399 e. The highest BCUT2D eigenvalue weighted by Gasteiger charge is 2.31. The molecular weight excluding hydrogens is 281 g/mol. The first-order chi connectivity index (χ1) is 9.79. The normalized spacial score (nSPS) is 11.2. The SMILES string of the molecule is CN(C(=O)c1cccc(C(F)(F)F)c1)c1cccc(N)c1. The fourth-order valence-electron chi connectivity index (χ4n) is 1.87. The highest BCUT2D eigenvalue weighted by atomic mass is 19.4. The number of nitrogens with zero attached hydrogens (tertiary/aromatic N) is 1. The lowest BCUT2D eigenvalue weighted by atomic mass is 10.1. The summed E-state index contributed by atoms with van der Waals surface area (Å²) in [7, 11) is 1.48. The Hall–Kier alpha value is -2.50. The maximum Gasteiger partial charge on any atom is 0.416 e. The Kier molecular flexibility index (Phi) is 3.88. The maximum absolute atomic E-state index is 12.7. The Morgan fingerprint density at radius 1 is 1.10 bits per heavy atom.